The minimum atomic E-state index is -0.827. The lowest BCUT2D eigenvalue weighted by molar-refractivity contribution is -0.137. The summed E-state index contributed by atoms with van der Waals surface area (Å²) >= 11 is 1.60. The highest BCUT2D eigenvalue weighted by Crippen LogP contribution is 2.24. The van der Waals surface area contributed by atoms with Crippen LogP contribution in [0.4, 0.5) is 0 Å². The van der Waals surface area contributed by atoms with E-state index in [1.807, 2.05) is 36.4 Å². The second kappa shape index (κ2) is 10.8. The van der Waals surface area contributed by atoms with Gasteiger partial charge in [-0.15, -0.1) is 11.8 Å². The molecule has 2 N–H and O–H groups in total. The SMILES string of the molecule is O=C(O)CCC[C@@H](O)[C@H](/C=C\Cc1ccccc1)SCc1ccco1. The van der Waals surface area contributed by atoms with Crippen LogP contribution in [0.1, 0.15) is 30.6 Å². The molecule has 2 aromatic rings. The van der Waals surface area contributed by atoms with Gasteiger partial charge in [0.2, 0.25) is 0 Å². The van der Waals surface area contributed by atoms with Crippen LogP contribution in [-0.2, 0) is 17.0 Å². The quantitative estimate of drug-likeness (QED) is 0.585. The molecule has 1 aromatic carbocycles. The van der Waals surface area contributed by atoms with Gasteiger partial charge in [-0.2, -0.15) is 0 Å². The average molecular weight is 360 g/mol. The van der Waals surface area contributed by atoms with Crippen molar-refractivity contribution in [2.75, 3.05) is 0 Å². The van der Waals surface area contributed by atoms with E-state index < -0.39 is 12.1 Å². The van der Waals surface area contributed by atoms with E-state index in [0.717, 1.165) is 12.2 Å². The van der Waals surface area contributed by atoms with Crippen molar-refractivity contribution >= 4 is 17.7 Å². The molecule has 4 nitrogen and oxygen atoms in total. The summed E-state index contributed by atoms with van der Waals surface area (Å²) in [6.45, 7) is 0. The molecule has 0 amide bonds. The number of aliphatic hydroxyl groups is 1. The first kappa shape index (κ1) is 19.3. The molecule has 1 aromatic heterocycles. The maximum atomic E-state index is 10.6. The number of thioether (sulfide) groups is 1. The van der Waals surface area contributed by atoms with Crippen molar-refractivity contribution < 1.29 is 19.4 Å². The number of hydrogen-bond donors (Lipinski definition) is 2. The highest BCUT2D eigenvalue weighted by molar-refractivity contribution is 7.99. The fourth-order valence-electron chi connectivity index (χ4n) is 2.45. The van der Waals surface area contributed by atoms with Gasteiger partial charge in [-0.05, 0) is 37.0 Å². The first-order valence-corrected chi connectivity index (χ1v) is 9.44. The third kappa shape index (κ3) is 7.63. The molecule has 0 aliphatic carbocycles. The van der Waals surface area contributed by atoms with Gasteiger partial charge in [0.05, 0.1) is 18.1 Å². The van der Waals surface area contributed by atoms with E-state index in [2.05, 4.69) is 18.2 Å². The molecule has 0 saturated carbocycles. The normalized spacial score (nSPS) is 13.8. The number of hydrogen-bond acceptors (Lipinski definition) is 4. The average Bonchev–Trinajstić information content (AvgIpc) is 3.12. The Kier molecular flexibility index (Phi) is 8.35. The summed E-state index contributed by atoms with van der Waals surface area (Å²) in [5, 5.41) is 19.1. The Labute approximate surface area is 152 Å². The van der Waals surface area contributed by atoms with Crippen LogP contribution in [0.25, 0.3) is 0 Å². The summed E-state index contributed by atoms with van der Waals surface area (Å²) in [6.07, 6.45) is 6.98. The van der Waals surface area contributed by atoms with Crippen molar-refractivity contribution in [3.05, 3.63) is 72.2 Å². The number of carboxylic acid groups (broad SMARTS) is 1. The Morgan fingerprint density at radius 2 is 2.00 bits per heavy atom. The smallest absolute Gasteiger partial charge is 0.303 e. The standard InChI is InChI=1S/C20H24O4S/c21-18(11-5-13-20(22)23)19(25-15-17-10-6-14-24-17)12-4-9-16-7-2-1-3-8-16/h1-4,6-8,10,12,14,18-19,21H,5,9,11,13,15H2,(H,22,23)/b12-4-/t18-,19+/m1/s1. The number of carbonyl (C=O) groups is 1. The van der Waals surface area contributed by atoms with Crippen LogP contribution in [0.3, 0.4) is 0 Å². The maximum absolute atomic E-state index is 10.6. The zero-order chi connectivity index (χ0) is 17.9. The van der Waals surface area contributed by atoms with Gasteiger partial charge >= 0.3 is 5.97 Å². The highest BCUT2D eigenvalue weighted by atomic mass is 32.2. The van der Waals surface area contributed by atoms with Crippen LogP contribution in [0.5, 0.6) is 0 Å². The summed E-state index contributed by atoms with van der Waals surface area (Å²) in [4.78, 5) is 10.6. The zero-order valence-electron chi connectivity index (χ0n) is 14.1. The Morgan fingerprint density at radius 3 is 2.68 bits per heavy atom. The van der Waals surface area contributed by atoms with Crippen molar-refractivity contribution in [3.8, 4) is 0 Å². The van der Waals surface area contributed by atoms with Gasteiger partial charge in [-0.3, -0.25) is 4.79 Å². The second-order valence-corrected chi connectivity index (χ2v) is 6.99. The fraction of sp³-hybridized carbons (Fsp3) is 0.350. The predicted molar refractivity (Wildman–Crippen MR) is 101 cm³/mol. The molecule has 0 fully saturated rings. The number of benzene rings is 1. The third-order valence-corrected chi connectivity index (χ3v) is 5.10. The molecular formula is C20H24O4S. The first-order chi connectivity index (χ1) is 12.1. The van der Waals surface area contributed by atoms with Crippen LogP contribution in [0, 0.1) is 0 Å². The van der Waals surface area contributed by atoms with E-state index in [1.165, 1.54) is 5.56 Å². The summed E-state index contributed by atoms with van der Waals surface area (Å²) in [5.74, 6) is 0.708. The molecule has 0 aliphatic heterocycles. The van der Waals surface area contributed by atoms with Gasteiger partial charge < -0.3 is 14.6 Å². The number of aliphatic carboxylic acids is 1. The fourth-order valence-corrected chi connectivity index (χ4v) is 3.55. The Hall–Kier alpha value is -1.98. The lowest BCUT2D eigenvalue weighted by atomic mass is 10.1. The number of allylic oxidation sites excluding steroid dienone is 1. The molecule has 0 aliphatic rings. The largest absolute Gasteiger partial charge is 0.481 e. The van der Waals surface area contributed by atoms with Crippen molar-refractivity contribution in [1.29, 1.82) is 0 Å². The molecular weight excluding hydrogens is 336 g/mol. The number of rotatable bonds is 11. The lowest BCUT2D eigenvalue weighted by Gasteiger charge is -2.19. The molecule has 134 valence electrons. The maximum Gasteiger partial charge on any atom is 0.303 e. The minimum absolute atomic E-state index is 0.0837. The molecule has 0 radical (unpaired) electrons. The van der Waals surface area contributed by atoms with Crippen LogP contribution in [0.2, 0.25) is 0 Å². The number of furan rings is 1. The van der Waals surface area contributed by atoms with Gasteiger partial charge in [0.1, 0.15) is 5.76 Å². The van der Waals surface area contributed by atoms with Crippen LogP contribution in [-0.4, -0.2) is 27.5 Å². The van der Waals surface area contributed by atoms with Gasteiger partial charge in [-0.25, -0.2) is 0 Å². The second-order valence-electron chi connectivity index (χ2n) is 5.83. The van der Waals surface area contributed by atoms with Gasteiger partial charge in [0, 0.05) is 11.7 Å². The van der Waals surface area contributed by atoms with E-state index >= 15 is 0 Å². The lowest BCUT2D eigenvalue weighted by Crippen LogP contribution is -2.21. The van der Waals surface area contributed by atoms with Crippen LogP contribution in [0.15, 0.2) is 65.3 Å². The monoisotopic (exact) mass is 360 g/mol. The summed E-state index contributed by atoms with van der Waals surface area (Å²) in [5.41, 5.74) is 1.22. The predicted octanol–water partition coefficient (Wildman–Crippen LogP) is 4.30. The van der Waals surface area contributed by atoms with E-state index in [4.69, 9.17) is 9.52 Å². The van der Waals surface area contributed by atoms with E-state index in [9.17, 15) is 9.90 Å². The van der Waals surface area contributed by atoms with E-state index in [0.29, 0.717) is 18.6 Å². The Morgan fingerprint density at radius 1 is 1.20 bits per heavy atom. The summed E-state index contributed by atoms with van der Waals surface area (Å²) in [6, 6.07) is 13.9. The molecule has 0 spiro atoms. The molecule has 0 unspecified atom stereocenters. The first-order valence-electron chi connectivity index (χ1n) is 8.39. The van der Waals surface area contributed by atoms with Crippen molar-refractivity contribution in [2.24, 2.45) is 0 Å². The van der Waals surface area contributed by atoms with Gasteiger partial charge in [0.15, 0.2) is 0 Å². The molecule has 5 heteroatoms. The van der Waals surface area contributed by atoms with E-state index in [1.54, 1.807) is 18.0 Å². The van der Waals surface area contributed by atoms with Gasteiger partial charge in [0.25, 0.3) is 0 Å². The van der Waals surface area contributed by atoms with Crippen LogP contribution >= 0.6 is 11.8 Å². The van der Waals surface area contributed by atoms with Crippen molar-refractivity contribution in [2.45, 2.75) is 42.8 Å². The van der Waals surface area contributed by atoms with Gasteiger partial charge in [-0.1, -0.05) is 42.5 Å². The molecule has 0 bridgehead atoms. The topological polar surface area (TPSA) is 70.7 Å². The molecule has 0 saturated heterocycles. The third-order valence-electron chi connectivity index (χ3n) is 3.79. The molecule has 25 heavy (non-hydrogen) atoms. The molecule has 1 heterocycles. The summed E-state index contributed by atoms with van der Waals surface area (Å²) < 4.78 is 5.35. The zero-order valence-corrected chi connectivity index (χ0v) is 14.9. The number of carboxylic acids is 1. The molecule has 2 rings (SSSR count). The van der Waals surface area contributed by atoms with Crippen molar-refractivity contribution in [3.63, 3.8) is 0 Å². The highest BCUT2D eigenvalue weighted by Gasteiger charge is 2.18. The Balaban J connectivity index is 1.90. The van der Waals surface area contributed by atoms with Crippen LogP contribution < -0.4 is 0 Å². The Bertz CT molecular complexity index is 637. The van der Waals surface area contributed by atoms with Crippen molar-refractivity contribution in [1.82, 2.24) is 0 Å². The summed E-state index contributed by atoms with van der Waals surface area (Å²) in [7, 11) is 0. The number of aliphatic hydroxyl groups excluding tert-OH is 1. The molecule has 2 atom stereocenters. The van der Waals surface area contributed by atoms with E-state index in [-0.39, 0.29) is 11.7 Å². The minimum Gasteiger partial charge on any atom is -0.481 e.